The number of nitrogens with zero attached hydrogens (tertiary/aromatic N) is 4. The van der Waals surface area contributed by atoms with Gasteiger partial charge in [0.15, 0.2) is 5.82 Å². The Bertz CT molecular complexity index is 665. The Labute approximate surface area is 168 Å². The topological polar surface area (TPSA) is 71.7 Å². The number of hydrogen-bond acceptors (Lipinski definition) is 6. The van der Waals surface area contributed by atoms with Crippen LogP contribution in [-0.4, -0.2) is 56.8 Å². The van der Waals surface area contributed by atoms with Gasteiger partial charge in [-0.25, -0.2) is 4.79 Å². The molecule has 2 aliphatic rings. The van der Waals surface area contributed by atoms with E-state index in [1.54, 1.807) is 0 Å². The molecule has 7 nitrogen and oxygen atoms in total. The van der Waals surface area contributed by atoms with Gasteiger partial charge in [-0.05, 0) is 52.9 Å². The van der Waals surface area contributed by atoms with Crippen LogP contribution in [0.2, 0.25) is 0 Å². The van der Waals surface area contributed by atoms with Gasteiger partial charge >= 0.3 is 6.09 Å². The van der Waals surface area contributed by atoms with Gasteiger partial charge in [0.2, 0.25) is 5.89 Å². The molecular weight excluding hydrogens is 356 g/mol. The first-order chi connectivity index (χ1) is 13.3. The Balaban J connectivity index is 1.78. The van der Waals surface area contributed by atoms with Gasteiger partial charge in [0.1, 0.15) is 5.60 Å². The van der Waals surface area contributed by atoms with Crippen LogP contribution in [0, 0.1) is 0 Å². The summed E-state index contributed by atoms with van der Waals surface area (Å²) < 4.78 is 11.3. The normalized spacial score (nSPS) is 25.0. The van der Waals surface area contributed by atoms with Gasteiger partial charge in [-0.3, -0.25) is 4.90 Å². The van der Waals surface area contributed by atoms with Crippen molar-refractivity contribution in [3.63, 3.8) is 0 Å². The fraction of sp³-hybridized carbons (Fsp3) is 0.857. The van der Waals surface area contributed by atoms with Crippen LogP contribution in [0.15, 0.2) is 4.52 Å². The molecular formula is C21H36N4O3. The molecule has 7 heteroatoms. The Morgan fingerprint density at radius 3 is 2.39 bits per heavy atom. The van der Waals surface area contributed by atoms with Crippen molar-refractivity contribution in [1.82, 2.24) is 19.9 Å². The number of aromatic nitrogens is 2. The van der Waals surface area contributed by atoms with E-state index in [0.717, 1.165) is 37.5 Å². The zero-order valence-corrected chi connectivity index (χ0v) is 18.3. The largest absolute Gasteiger partial charge is 0.444 e. The van der Waals surface area contributed by atoms with E-state index >= 15 is 0 Å². The van der Waals surface area contributed by atoms with Gasteiger partial charge in [0.05, 0.1) is 6.04 Å². The van der Waals surface area contributed by atoms with Crippen molar-refractivity contribution in [3.05, 3.63) is 11.7 Å². The first kappa shape index (κ1) is 21.1. The van der Waals surface area contributed by atoms with Crippen LogP contribution in [0.4, 0.5) is 4.79 Å². The first-order valence-corrected chi connectivity index (χ1v) is 10.9. The molecule has 28 heavy (non-hydrogen) atoms. The summed E-state index contributed by atoms with van der Waals surface area (Å²) in [4.78, 5) is 21.9. The van der Waals surface area contributed by atoms with E-state index in [4.69, 9.17) is 14.2 Å². The number of ether oxygens (including phenoxy) is 1. The predicted molar refractivity (Wildman–Crippen MR) is 107 cm³/mol. The predicted octanol–water partition coefficient (Wildman–Crippen LogP) is 4.51. The first-order valence-electron chi connectivity index (χ1n) is 10.9. The summed E-state index contributed by atoms with van der Waals surface area (Å²) in [5.41, 5.74) is -0.483. The number of carbonyl (C=O) groups excluding carboxylic acids is 1. The van der Waals surface area contributed by atoms with Crippen molar-refractivity contribution >= 4 is 6.09 Å². The van der Waals surface area contributed by atoms with E-state index in [1.807, 2.05) is 25.7 Å². The number of piperazine rings is 1. The van der Waals surface area contributed by atoms with E-state index in [-0.39, 0.29) is 24.2 Å². The fourth-order valence-corrected chi connectivity index (χ4v) is 4.05. The van der Waals surface area contributed by atoms with E-state index in [9.17, 15) is 4.79 Å². The van der Waals surface area contributed by atoms with Crippen LogP contribution in [-0.2, 0) is 4.74 Å². The molecule has 1 saturated heterocycles. The maximum absolute atomic E-state index is 12.8. The van der Waals surface area contributed by atoms with Gasteiger partial charge in [0, 0.05) is 31.1 Å². The molecule has 0 radical (unpaired) electrons. The average molecular weight is 393 g/mol. The van der Waals surface area contributed by atoms with Gasteiger partial charge in [-0.1, -0.05) is 25.9 Å². The Morgan fingerprint density at radius 2 is 1.86 bits per heavy atom. The second-order valence-corrected chi connectivity index (χ2v) is 9.14. The van der Waals surface area contributed by atoms with Gasteiger partial charge in [-0.15, -0.1) is 0 Å². The SMILES string of the molecule is CCC(c1nc(C2CC2)no1)N1C[C@H](CC)N(C(=O)OC(C)(C)C)C[C@H]1CC. The molecule has 3 atom stereocenters. The molecule has 1 saturated carbocycles. The highest BCUT2D eigenvalue weighted by molar-refractivity contribution is 5.68. The van der Waals surface area contributed by atoms with Crippen molar-refractivity contribution in [2.24, 2.45) is 0 Å². The van der Waals surface area contributed by atoms with Crippen LogP contribution < -0.4 is 0 Å². The minimum Gasteiger partial charge on any atom is -0.444 e. The highest BCUT2D eigenvalue weighted by atomic mass is 16.6. The van der Waals surface area contributed by atoms with Crippen LogP contribution in [0.3, 0.4) is 0 Å². The third kappa shape index (κ3) is 4.67. The number of hydrogen-bond donors (Lipinski definition) is 0. The lowest BCUT2D eigenvalue weighted by Gasteiger charge is -2.48. The summed E-state index contributed by atoms with van der Waals surface area (Å²) in [5, 5.41) is 4.22. The van der Waals surface area contributed by atoms with E-state index in [0.29, 0.717) is 12.5 Å². The molecule has 2 heterocycles. The lowest BCUT2D eigenvalue weighted by Crippen LogP contribution is -2.60. The highest BCUT2D eigenvalue weighted by Gasteiger charge is 2.41. The van der Waals surface area contributed by atoms with E-state index in [1.165, 1.54) is 12.8 Å². The summed E-state index contributed by atoms with van der Waals surface area (Å²) in [7, 11) is 0. The molecule has 0 spiro atoms. The molecule has 0 aromatic carbocycles. The molecule has 1 amide bonds. The van der Waals surface area contributed by atoms with Crippen molar-refractivity contribution < 1.29 is 14.1 Å². The smallest absolute Gasteiger partial charge is 0.410 e. The Morgan fingerprint density at radius 1 is 1.18 bits per heavy atom. The summed E-state index contributed by atoms with van der Waals surface area (Å²) in [5.74, 6) is 2.08. The van der Waals surface area contributed by atoms with E-state index in [2.05, 4.69) is 30.8 Å². The zero-order chi connectivity index (χ0) is 20.5. The Kier molecular flexibility index (Phi) is 6.32. The van der Waals surface area contributed by atoms with Crippen molar-refractivity contribution in [1.29, 1.82) is 0 Å². The van der Waals surface area contributed by atoms with Crippen LogP contribution in [0.25, 0.3) is 0 Å². The third-order valence-electron chi connectivity index (χ3n) is 5.78. The minimum absolute atomic E-state index is 0.0970. The van der Waals surface area contributed by atoms with Crippen molar-refractivity contribution in [3.8, 4) is 0 Å². The molecule has 1 aromatic heterocycles. The quantitative estimate of drug-likeness (QED) is 0.709. The zero-order valence-electron chi connectivity index (χ0n) is 18.3. The van der Waals surface area contributed by atoms with Gasteiger partial charge in [-0.2, -0.15) is 4.98 Å². The standard InChI is InChI=1S/C21H36N4O3/c1-7-15-13-25(20(26)27-21(4,5)6)16(8-2)12-24(15)17(9-3)19-22-18(23-28-19)14-10-11-14/h14-17H,7-13H2,1-6H3/t15-,16+,17?/m1/s1. The van der Waals surface area contributed by atoms with Gasteiger partial charge < -0.3 is 14.2 Å². The maximum atomic E-state index is 12.8. The number of rotatable bonds is 6. The summed E-state index contributed by atoms with van der Waals surface area (Å²) in [6.45, 7) is 13.7. The van der Waals surface area contributed by atoms with Crippen molar-refractivity contribution in [2.75, 3.05) is 13.1 Å². The summed E-state index contributed by atoms with van der Waals surface area (Å²) in [6.07, 6.45) is 4.88. The second-order valence-electron chi connectivity index (χ2n) is 9.14. The number of amides is 1. The lowest BCUT2D eigenvalue weighted by molar-refractivity contribution is -0.0330. The molecule has 1 aliphatic carbocycles. The molecule has 1 aliphatic heterocycles. The highest BCUT2D eigenvalue weighted by Crippen LogP contribution is 2.39. The molecule has 158 valence electrons. The van der Waals surface area contributed by atoms with Crippen molar-refractivity contribution in [2.45, 2.75) is 103 Å². The molecule has 0 N–H and O–H groups in total. The maximum Gasteiger partial charge on any atom is 0.410 e. The fourth-order valence-electron chi connectivity index (χ4n) is 4.05. The third-order valence-corrected chi connectivity index (χ3v) is 5.78. The summed E-state index contributed by atoms with van der Waals surface area (Å²) >= 11 is 0. The van der Waals surface area contributed by atoms with E-state index < -0.39 is 5.60 Å². The molecule has 0 bridgehead atoms. The Hall–Kier alpha value is -1.63. The number of carbonyl (C=O) groups is 1. The van der Waals surface area contributed by atoms with Crippen LogP contribution >= 0.6 is 0 Å². The molecule has 1 unspecified atom stereocenters. The molecule has 1 aromatic rings. The minimum atomic E-state index is -0.483. The van der Waals surface area contributed by atoms with Crippen LogP contribution in [0.5, 0.6) is 0 Å². The summed E-state index contributed by atoms with van der Waals surface area (Å²) in [6, 6.07) is 0.467. The lowest BCUT2D eigenvalue weighted by atomic mass is 9.99. The van der Waals surface area contributed by atoms with Crippen LogP contribution in [0.1, 0.15) is 97.3 Å². The monoisotopic (exact) mass is 392 g/mol. The molecule has 2 fully saturated rings. The average Bonchev–Trinajstić information content (AvgIpc) is 3.38. The molecule has 3 rings (SSSR count). The van der Waals surface area contributed by atoms with Gasteiger partial charge in [0.25, 0.3) is 0 Å². The second kappa shape index (κ2) is 8.39.